The maximum atomic E-state index is 13.4. The van der Waals surface area contributed by atoms with Crippen LogP contribution in [0, 0.1) is 10.1 Å². The van der Waals surface area contributed by atoms with E-state index in [9.17, 15) is 44.0 Å². The molecule has 2 saturated heterocycles. The van der Waals surface area contributed by atoms with Crippen LogP contribution in [0.4, 0.5) is 39.8 Å². The van der Waals surface area contributed by atoms with Crippen molar-refractivity contribution in [3.05, 3.63) is 142 Å². The van der Waals surface area contributed by atoms with E-state index >= 15 is 0 Å². The zero-order valence-electron chi connectivity index (χ0n) is 51.8. The zero-order valence-corrected chi connectivity index (χ0v) is 52.7. The lowest BCUT2D eigenvalue weighted by Crippen LogP contribution is -2.38. The van der Waals surface area contributed by atoms with Crippen LogP contribution in [0.2, 0.25) is 0 Å². The largest absolute Gasteiger partial charge is 0.545 e. The third kappa shape index (κ3) is 16.4. The van der Waals surface area contributed by atoms with Gasteiger partial charge in [0.15, 0.2) is 12.4 Å². The number of nitro benzene ring substituents is 1. The van der Waals surface area contributed by atoms with Crippen molar-refractivity contribution >= 4 is 98.0 Å². The first-order chi connectivity index (χ1) is 44.3. The summed E-state index contributed by atoms with van der Waals surface area (Å²) in [7, 11) is 12.5. The number of aromatic carboxylic acids is 1. The number of imide groups is 1. The van der Waals surface area contributed by atoms with Crippen LogP contribution in [0.25, 0.3) is 33.4 Å². The highest BCUT2D eigenvalue weighted by molar-refractivity contribution is 8.00. The number of non-ortho nitro benzene ring substituents is 1. The van der Waals surface area contributed by atoms with Gasteiger partial charge in [0.25, 0.3) is 17.5 Å². The van der Waals surface area contributed by atoms with E-state index in [0.29, 0.717) is 99.4 Å². The minimum atomic E-state index is -1.45. The lowest BCUT2D eigenvalue weighted by molar-refractivity contribution is -0.384. The maximum Gasteiger partial charge on any atom is 0.269 e. The fourth-order valence-electron chi connectivity index (χ4n) is 10.2. The number of fused-ring (bicyclic) bond motifs is 2. The number of thioether (sulfide) groups is 1. The van der Waals surface area contributed by atoms with Crippen molar-refractivity contribution in [3.63, 3.8) is 0 Å². The van der Waals surface area contributed by atoms with Crippen molar-refractivity contribution in [3.8, 4) is 33.9 Å². The number of carboxylic acids is 1. The first-order valence-corrected chi connectivity index (χ1v) is 30.6. The molecule has 26 nitrogen and oxygen atoms in total. The van der Waals surface area contributed by atoms with Crippen molar-refractivity contribution in [1.82, 2.24) is 25.4 Å². The van der Waals surface area contributed by atoms with Crippen molar-refractivity contribution < 1.29 is 62.2 Å². The summed E-state index contributed by atoms with van der Waals surface area (Å²) in [5, 5.41) is 50.3. The number of likely N-dealkylation sites (tertiary alicyclic amines) is 1. The van der Waals surface area contributed by atoms with E-state index in [-0.39, 0.29) is 80.0 Å². The van der Waals surface area contributed by atoms with E-state index in [4.69, 9.17) is 23.4 Å². The van der Waals surface area contributed by atoms with Crippen LogP contribution in [-0.2, 0) is 28.7 Å². The summed E-state index contributed by atoms with van der Waals surface area (Å²) in [6.45, 7) is 1.27. The smallest absolute Gasteiger partial charge is 0.269 e. The van der Waals surface area contributed by atoms with Gasteiger partial charge in [-0.25, -0.2) is 4.58 Å². The predicted octanol–water partition coefficient (Wildman–Crippen LogP) is 7.68. The Morgan fingerprint density at radius 3 is 2.08 bits per heavy atom. The zero-order chi connectivity index (χ0) is 65.6. The fraction of sp³-hybridized carbons (Fsp3) is 0.338. The third-order valence-electron chi connectivity index (χ3n) is 15.3. The topological polar surface area (TPSA) is 317 Å². The highest BCUT2D eigenvalue weighted by atomic mass is 32.2. The van der Waals surface area contributed by atoms with Crippen LogP contribution in [-0.4, -0.2) is 158 Å². The second kappa shape index (κ2) is 30.6. The number of carboxylic acid groups (broad SMARTS) is 1. The third-order valence-corrected chi connectivity index (χ3v) is 16.5. The number of carbonyl (C=O) groups is 6. The minimum Gasteiger partial charge on any atom is -0.545 e. The Labute approximate surface area is 533 Å². The van der Waals surface area contributed by atoms with E-state index in [1.165, 1.54) is 61.2 Å². The summed E-state index contributed by atoms with van der Waals surface area (Å²) in [5.41, 5.74) is 5.62. The number of carbonyl (C=O) groups excluding carboxylic acids is 6. The number of hydrogen-bond donors (Lipinski definition) is 3. The monoisotopic (exact) mass is 1270 g/mol. The first kappa shape index (κ1) is 66.3. The quantitative estimate of drug-likeness (QED) is 0.00805. The van der Waals surface area contributed by atoms with Gasteiger partial charge in [0.1, 0.15) is 48.3 Å². The molecule has 5 amide bonds. The van der Waals surface area contributed by atoms with Crippen LogP contribution >= 0.6 is 11.8 Å². The highest BCUT2D eigenvalue weighted by Gasteiger charge is 2.40. The molecule has 3 heterocycles. The second-order valence-electron chi connectivity index (χ2n) is 22.0. The van der Waals surface area contributed by atoms with Gasteiger partial charge in [0.05, 0.1) is 54.4 Å². The van der Waals surface area contributed by atoms with Crippen LogP contribution in [0.1, 0.15) is 52.8 Å². The number of ether oxygens (including phenoxy) is 4. The Morgan fingerprint density at radius 2 is 1.42 bits per heavy atom. The molecular formula is C65H70N12O14S. The van der Waals surface area contributed by atoms with Crippen molar-refractivity contribution in [1.29, 1.82) is 0 Å². The molecule has 0 aromatic heterocycles. The molecule has 5 aromatic carbocycles. The number of nitrogens with one attached hydrogen (secondary N) is 3. The summed E-state index contributed by atoms with van der Waals surface area (Å²) in [6, 6.07) is 32.1. The Hall–Kier alpha value is -10.1. The summed E-state index contributed by atoms with van der Waals surface area (Å²) in [5.74, 6) is -1.49. The van der Waals surface area contributed by atoms with E-state index in [1.807, 2.05) is 110 Å². The SMILES string of the molecule is COc1cc(N=Nc2ccc([N+](=O)[O-])cc2)c(OC)cc1N=Nc1ccc(N(C)CCCC(=O)NCCSC2CC(=O)N(CCC3OCC(C(=O)NCCCNC(=O)c4ccc(-c5c6ccc(=[N+](C)C)cc-6oc6cc(N(C)C)ccc56)c(C(=O)[O-])c4)O3)C2=O)cc1. The summed E-state index contributed by atoms with van der Waals surface area (Å²) >= 11 is 1.30. The number of nitrogens with zero attached hydrogens (tertiary/aromatic N) is 9. The van der Waals surface area contributed by atoms with E-state index in [1.54, 1.807) is 24.3 Å². The van der Waals surface area contributed by atoms with E-state index < -0.39 is 40.4 Å². The Balaban J connectivity index is 0.647. The summed E-state index contributed by atoms with van der Waals surface area (Å²) in [6.07, 6.45) is -0.363. The van der Waals surface area contributed by atoms with E-state index in [2.05, 4.69) is 36.4 Å². The fourth-order valence-corrected chi connectivity index (χ4v) is 11.3. The number of anilines is 2. The molecule has 3 aliphatic heterocycles. The Kier molecular flexibility index (Phi) is 22.0. The van der Waals surface area contributed by atoms with Gasteiger partial charge in [0, 0.05) is 154 Å². The van der Waals surface area contributed by atoms with Gasteiger partial charge in [-0.1, -0.05) is 6.07 Å². The van der Waals surface area contributed by atoms with Crippen LogP contribution < -0.4 is 50.3 Å². The number of methoxy groups -OCH3 is 2. The normalized spacial score (nSPS) is 15.6. The van der Waals surface area contributed by atoms with Crippen LogP contribution in [0.15, 0.2) is 140 Å². The molecule has 9 rings (SSSR count). The number of rotatable bonds is 28. The van der Waals surface area contributed by atoms with Gasteiger partial charge in [-0.05, 0) is 85.1 Å². The number of azo groups is 2. The van der Waals surface area contributed by atoms with Gasteiger partial charge < -0.3 is 59.0 Å². The molecule has 5 aromatic rings. The van der Waals surface area contributed by atoms with Crippen molar-refractivity contribution in [2.24, 2.45) is 20.5 Å². The van der Waals surface area contributed by atoms with Crippen LogP contribution in [0.5, 0.6) is 11.5 Å². The molecule has 2 fully saturated rings. The molecule has 480 valence electrons. The Bertz CT molecular complexity index is 4000. The molecule has 1 aliphatic carbocycles. The molecule has 4 aliphatic rings. The molecule has 92 heavy (non-hydrogen) atoms. The standard InChI is InChI=1S/C65H70N12O14S/c1-73(2)44-20-23-47-52(33-44)90-53-34-45(74(3)4)21-24-48(53)61(47)46-22-11-39(32-49(46)65(83)84)62(80)67-26-9-27-68-63(81)56-38-89-60(91-56)25-30-76-59(79)37-57(64(76)82)92-31-28-66-58(78)10-8-29-75(5)42-16-12-40(13-17-42)69-71-50-35-55(88-7)51(36-54(50)87-6)72-70-41-14-18-43(19-15-41)77(85)86/h11-24,32-36,56-57,60H,8-10,25-31,37-38H2,1-7H3,(H3-,66,67,68,78,80,81,83,84). The number of benzene rings is 6. The highest BCUT2D eigenvalue weighted by Crippen LogP contribution is 2.43. The van der Waals surface area contributed by atoms with Crippen molar-refractivity contribution in [2.45, 2.75) is 49.7 Å². The molecule has 27 heteroatoms. The van der Waals surface area contributed by atoms with E-state index in [0.717, 1.165) is 16.7 Å². The molecule has 3 N–H and O–H groups in total. The van der Waals surface area contributed by atoms with Gasteiger partial charge in [-0.15, -0.1) is 22.0 Å². The summed E-state index contributed by atoms with van der Waals surface area (Å²) in [4.78, 5) is 93.7. The van der Waals surface area contributed by atoms with Gasteiger partial charge in [-0.2, -0.15) is 10.2 Å². The van der Waals surface area contributed by atoms with Gasteiger partial charge in [0.2, 0.25) is 23.1 Å². The molecule has 3 atom stereocenters. The minimum absolute atomic E-state index is 0.0260. The molecule has 3 unspecified atom stereocenters. The number of amides is 5. The maximum absolute atomic E-state index is 13.4. The summed E-state index contributed by atoms with van der Waals surface area (Å²) < 4.78 is 30.9. The number of hydrogen-bond acceptors (Lipinski definition) is 21. The molecular weight excluding hydrogens is 1200 g/mol. The van der Waals surface area contributed by atoms with Gasteiger partial charge in [-0.3, -0.25) is 39.0 Å². The first-order valence-electron chi connectivity index (χ1n) is 29.5. The van der Waals surface area contributed by atoms with Crippen LogP contribution in [0.3, 0.4) is 0 Å². The second-order valence-corrected chi connectivity index (χ2v) is 23.3. The Morgan fingerprint density at radius 1 is 0.761 bits per heavy atom. The lowest BCUT2D eigenvalue weighted by Gasteiger charge is -2.20. The van der Waals surface area contributed by atoms with Gasteiger partial charge >= 0.3 is 0 Å². The molecule has 0 bridgehead atoms. The predicted molar refractivity (Wildman–Crippen MR) is 344 cm³/mol. The molecule has 0 spiro atoms. The lowest BCUT2D eigenvalue weighted by atomic mass is 9.89. The average molecular weight is 1280 g/mol. The molecule has 0 radical (unpaired) electrons. The molecule has 0 saturated carbocycles. The van der Waals surface area contributed by atoms with Crippen molar-refractivity contribution in [2.75, 3.05) is 104 Å². The average Bonchev–Trinajstić information content (AvgIpc) is 0.995. The number of nitro groups is 1.